The molecular formula is C17H21FN4O3. The number of H-pyrrole nitrogens is 1. The van der Waals surface area contributed by atoms with Gasteiger partial charge in [-0.1, -0.05) is 0 Å². The zero-order chi connectivity index (χ0) is 17.6. The molecule has 1 aromatic rings. The normalized spacial score (nSPS) is 31.1. The van der Waals surface area contributed by atoms with Crippen molar-refractivity contribution in [2.75, 3.05) is 19.6 Å². The number of hydrogen-bond acceptors (Lipinski definition) is 3. The van der Waals surface area contributed by atoms with Crippen LogP contribution in [0.25, 0.3) is 0 Å². The van der Waals surface area contributed by atoms with E-state index in [1.807, 2.05) is 0 Å². The van der Waals surface area contributed by atoms with Gasteiger partial charge in [-0.2, -0.15) is 0 Å². The number of carbonyl (C=O) groups excluding carboxylic acids is 3. The van der Waals surface area contributed by atoms with Gasteiger partial charge in [-0.15, -0.1) is 0 Å². The van der Waals surface area contributed by atoms with Gasteiger partial charge in [0.05, 0.1) is 5.92 Å². The van der Waals surface area contributed by atoms with Gasteiger partial charge in [0, 0.05) is 50.3 Å². The molecule has 8 heteroatoms. The second-order valence-corrected chi connectivity index (χ2v) is 7.26. The van der Waals surface area contributed by atoms with Crippen molar-refractivity contribution in [2.45, 2.75) is 25.3 Å². The molecule has 7 nitrogen and oxygen atoms in total. The summed E-state index contributed by atoms with van der Waals surface area (Å²) in [6, 6.07) is 1.28. The molecule has 3 fully saturated rings. The van der Waals surface area contributed by atoms with Gasteiger partial charge in [-0.3, -0.25) is 14.4 Å². The van der Waals surface area contributed by atoms with E-state index in [1.165, 1.54) is 12.3 Å². The molecule has 0 aromatic carbocycles. The molecular weight excluding hydrogens is 327 g/mol. The van der Waals surface area contributed by atoms with Gasteiger partial charge >= 0.3 is 0 Å². The lowest BCUT2D eigenvalue weighted by Crippen LogP contribution is -2.54. The van der Waals surface area contributed by atoms with Gasteiger partial charge in [0.1, 0.15) is 11.5 Å². The average molecular weight is 348 g/mol. The Morgan fingerprint density at radius 3 is 2.84 bits per heavy atom. The third-order valence-electron chi connectivity index (χ3n) is 5.69. The van der Waals surface area contributed by atoms with Crippen molar-refractivity contribution >= 4 is 17.7 Å². The first-order chi connectivity index (χ1) is 12.0. The first-order valence-corrected chi connectivity index (χ1v) is 8.71. The standard InChI is InChI=1S/C17H21FN4O3/c18-11-4-14(19-6-11)17(25)22-7-10-3-13(12(10)8-22)21-16(24)9-1-2-15(23)20-5-9/h4,6,9-10,12-13,19H,1-3,5,7-8H2,(H,20,23)(H,21,24). The number of fused-ring (bicyclic) bond motifs is 1. The van der Waals surface area contributed by atoms with E-state index in [-0.39, 0.29) is 41.3 Å². The molecule has 0 spiro atoms. The molecule has 0 bridgehead atoms. The fraction of sp³-hybridized carbons (Fsp3) is 0.588. The van der Waals surface area contributed by atoms with Gasteiger partial charge in [-0.25, -0.2) is 4.39 Å². The number of nitrogens with one attached hydrogen (secondary N) is 3. The molecule has 1 aliphatic carbocycles. The Labute approximate surface area is 144 Å². The Bertz CT molecular complexity index is 709. The molecule has 3 amide bonds. The van der Waals surface area contributed by atoms with Crippen LogP contribution in [0.4, 0.5) is 4.39 Å². The average Bonchev–Trinajstić information content (AvgIpc) is 3.16. The van der Waals surface area contributed by atoms with Crippen LogP contribution in [0.1, 0.15) is 29.8 Å². The van der Waals surface area contributed by atoms with Crippen LogP contribution < -0.4 is 10.6 Å². The summed E-state index contributed by atoms with van der Waals surface area (Å²) in [5.74, 6) is -0.185. The monoisotopic (exact) mass is 348 g/mol. The molecule has 134 valence electrons. The number of hydrogen-bond donors (Lipinski definition) is 3. The predicted octanol–water partition coefficient (Wildman–Crippen LogP) is 0.257. The van der Waals surface area contributed by atoms with Gasteiger partial charge in [0.15, 0.2) is 0 Å². The third kappa shape index (κ3) is 3.01. The lowest BCUT2D eigenvalue weighted by atomic mass is 9.71. The molecule has 4 rings (SSSR count). The Hall–Kier alpha value is -2.38. The van der Waals surface area contributed by atoms with E-state index in [0.717, 1.165) is 6.42 Å². The quantitative estimate of drug-likeness (QED) is 0.731. The van der Waals surface area contributed by atoms with Crippen LogP contribution in [0.15, 0.2) is 12.3 Å². The highest BCUT2D eigenvalue weighted by Crippen LogP contribution is 2.41. The number of nitrogens with zero attached hydrogens (tertiary/aromatic N) is 1. The van der Waals surface area contributed by atoms with Gasteiger partial charge in [0.2, 0.25) is 11.8 Å². The summed E-state index contributed by atoms with van der Waals surface area (Å²) in [6.07, 6.45) is 3.01. The van der Waals surface area contributed by atoms with Crippen molar-refractivity contribution in [1.29, 1.82) is 0 Å². The summed E-state index contributed by atoms with van der Waals surface area (Å²) in [7, 11) is 0. The number of piperidine rings is 1. The minimum Gasteiger partial charge on any atom is -0.355 e. The number of likely N-dealkylation sites (tertiary alicyclic amines) is 1. The number of rotatable bonds is 3. The molecule has 1 saturated carbocycles. The zero-order valence-corrected chi connectivity index (χ0v) is 13.8. The maximum Gasteiger partial charge on any atom is 0.270 e. The van der Waals surface area contributed by atoms with Crippen LogP contribution in [0.5, 0.6) is 0 Å². The van der Waals surface area contributed by atoms with Crippen molar-refractivity contribution in [3.8, 4) is 0 Å². The second kappa shape index (κ2) is 6.16. The number of amides is 3. The third-order valence-corrected chi connectivity index (χ3v) is 5.69. The Balaban J connectivity index is 1.31. The van der Waals surface area contributed by atoms with Gasteiger partial charge < -0.3 is 20.5 Å². The molecule has 0 radical (unpaired) electrons. The van der Waals surface area contributed by atoms with Gasteiger partial charge in [0.25, 0.3) is 5.91 Å². The Kier molecular flexibility index (Phi) is 3.97. The van der Waals surface area contributed by atoms with E-state index in [4.69, 9.17) is 0 Å². The van der Waals surface area contributed by atoms with Crippen molar-refractivity contribution in [1.82, 2.24) is 20.5 Å². The second-order valence-electron chi connectivity index (χ2n) is 7.26. The van der Waals surface area contributed by atoms with Crippen molar-refractivity contribution < 1.29 is 18.8 Å². The van der Waals surface area contributed by atoms with E-state index in [2.05, 4.69) is 15.6 Å². The molecule has 2 aliphatic heterocycles. The molecule has 3 aliphatic rings. The van der Waals surface area contributed by atoms with Crippen LogP contribution in [0.2, 0.25) is 0 Å². The summed E-state index contributed by atoms with van der Waals surface area (Å²) < 4.78 is 13.1. The molecule has 4 atom stereocenters. The summed E-state index contributed by atoms with van der Waals surface area (Å²) in [4.78, 5) is 40.3. The molecule has 4 unspecified atom stereocenters. The van der Waals surface area contributed by atoms with Crippen molar-refractivity contribution in [3.63, 3.8) is 0 Å². The summed E-state index contributed by atoms with van der Waals surface area (Å²) in [6.45, 7) is 1.63. The van der Waals surface area contributed by atoms with Crippen molar-refractivity contribution in [3.05, 3.63) is 23.8 Å². The summed E-state index contributed by atoms with van der Waals surface area (Å²) >= 11 is 0. The number of aromatic amines is 1. The highest BCUT2D eigenvalue weighted by molar-refractivity contribution is 5.92. The summed E-state index contributed by atoms with van der Waals surface area (Å²) in [5.41, 5.74) is 0.261. The van der Waals surface area contributed by atoms with Crippen LogP contribution >= 0.6 is 0 Å². The van der Waals surface area contributed by atoms with E-state index in [9.17, 15) is 18.8 Å². The smallest absolute Gasteiger partial charge is 0.270 e. The lowest BCUT2D eigenvalue weighted by Gasteiger charge is -2.40. The van der Waals surface area contributed by atoms with Crippen LogP contribution in [0.3, 0.4) is 0 Å². The number of carbonyl (C=O) groups is 3. The summed E-state index contributed by atoms with van der Waals surface area (Å²) in [5, 5.41) is 5.80. The zero-order valence-electron chi connectivity index (χ0n) is 13.8. The van der Waals surface area contributed by atoms with E-state index in [1.54, 1.807) is 4.90 Å². The maximum absolute atomic E-state index is 13.1. The van der Waals surface area contributed by atoms with Crippen LogP contribution in [-0.2, 0) is 9.59 Å². The van der Waals surface area contributed by atoms with Gasteiger partial charge in [-0.05, 0) is 18.8 Å². The first kappa shape index (κ1) is 16.1. The topological polar surface area (TPSA) is 94.3 Å². The Morgan fingerprint density at radius 1 is 1.32 bits per heavy atom. The predicted molar refractivity (Wildman–Crippen MR) is 85.9 cm³/mol. The highest BCUT2D eigenvalue weighted by atomic mass is 19.1. The van der Waals surface area contributed by atoms with Crippen LogP contribution in [-0.4, -0.2) is 53.3 Å². The van der Waals surface area contributed by atoms with E-state index >= 15 is 0 Å². The first-order valence-electron chi connectivity index (χ1n) is 8.71. The van der Waals surface area contributed by atoms with E-state index in [0.29, 0.717) is 38.4 Å². The van der Waals surface area contributed by atoms with Crippen molar-refractivity contribution in [2.24, 2.45) is 17.8 Å². The fourth-order valence-corrected chi connectivity index (χ4v) is 4.16. The number of halogens is 1. The molecule has 2 saturated heterocycles. The molecule has 1 aromatic heterocycles. The largest absolute Gasteiger partial charge is 0.355 e. The maximum atomic E-state index is 13.1. The molecule has 25 heavy (non-hydrogen) atoms. The molecule has 3 heterocycles. The highest BCUT2D eigenvalue weighted by Gasteiger charge is 2.49. The number of aromatic nitrogens is 1. The lowest BCUT2D eigenvalue weighted by molar-refractivity contribution is -0.130. The Morgan fingerprint density at radius 2 is 2.16 bits per heavy atom. The minimum atomic E-state index is -0.449. The van der Waals surface area contributed by atoms with Crippen LogP contribution in [0, 0.1) is 23.6 Å². The SMILES string of the molecule is O=C1CCC(C(=O)NC2CC3CN(C(=O)c4cc(F)c[nH]4)CC32)CN1. The van der Waals surface area contributed by atoms with E-state index < -0.39 is 5.82 Å². The molecule has 3 N–H and O–H groups in total. The fourth-order valence-electron chi connectivity index (χ4n) is 4.16. The minimum absolute atomic E-state index is 0.00143.